The average molecular weight is 991 g/mol. The molecule has 4 nitrogen and oxygen atoms in total. The Morgan fingerprint density at radius 1 is 0.253 bits per heavy atom. The maximum absolute atomic E-state index is 5.38. The fourth-order valence-corrected chi connectivity index (χ4v) is 13.3. The molecule has 0 radical (unpaired) electrons. The predicted molar refractivity (Wildman–Crippen MR) is 318 cm³/mol. The summed E-state index contributed by atoms with van der Waals surface area (Å²) < 4.78 is 7.44. The van der Waals surface area contributed by atoms with E-state index in [1.807, 2.05) is 40.9 Å². The van der Waals surface area contributed by atoms with Gasteiger partial charge >= 0.3 is 0 Å². The predicted octanol–water partition coefficient (Wildman–Crippen LogP) is 19.4. The largest absolute Gasteiger partial charge is 0.309 e. The van der Waals surface area contributed by atoms with Crippen molar-refractivity contribution in [3.8, 4) is 84.4 Å². The van der Waals surface area contributed by atoms with Crippen molar-refractivity contribution < 1.29 is 0 Å². The van der Waals surface area contributed by atoms with Crippen LogP contribution in [0.5, 0.6) is 0 Å². The number of thiophene rings is 2. The molecule has 0 bridgehead atoms. The minimum atomic E-state index is 0.622. The highest BCUT2D eigenvalue weighted by Crippen LogP contribution is 2.44. The number of nitrogens with zero attached hydrogens (tertiary/aromatic N) is 4. The summed E-state index contributed by atoms with van der Waals surface area (Å²) in [6, 6.07) is 91.8. The van der Waals surface area contributed by atoms with E-state index in [1.54, 1.807) is 0 Å². The van der Waals surface area contributed by atoms with Crippen LogP contribution in [0.15, 0.2) is 255 Å². The highest BCUT2D eigenvalue weighted by atomic mass is 32.1. The molecule has 15 rings (SSSR count). The molecule has 15 aromatic rings. The minimum absolute atomic E-state index is 0.622. The Kier molecular flexibility index (Phi) is 10.2. The maximum atomic E-state index is 5.38. The van der Waals surface area contributed by atoms with Crippen LogP contribution in [0.25, 0.3) is 147 Å². The lowest BCUT2D eigenvalue weighted by molar-refractivity contribution is 1.08. The summed E-state index contributed by atoms with van der Waals surface area (Å²) in [6.45, 7) is 0. The molecule has 0 saturated heterocycles. The Bertz CT molecular complexity index is 4650. The number of fused-ring (bicyclic) bond motifs is 9. The average Bonchev–Trinajstić information content (AvgIpc) is 4.20. The summed E-state index contributed by atoms with van der Waals surface area (Å²) in [6.07, 6.45) is 0. The van der Waals surface area contributed by atoms with Gasteiger partial charge in [-0.1, -0.05) is 176 Å². The Morgan fingerprint density at radius 3 is 1.51 bits per heavy atom. The monoisotopic (exact) mass is 990 g/mol. The van der Waals surface area contributed by atoms with Gasteiger partial charge in [0.05, 0.1) is 11.0 Å². The van der Waals surface area contributed by atoms with Gasteiger partial charge in [0.25, 0.3) is 0 Å². The molecule has 0 N–H and O–H groups in total. The van der Waals surface area contributed by atoms with Crippen LogP contribution < -0.4 is 0 Å². The number of benzene rings is 11. The summed E-state index contributed by atoms with van der Waals surface area (Å²) in [4.78, 5) is 15.9. The standard InChI is InChI=1S/C69H42N4S2/c1-4-16-43(17-5-1)50-37-51(44-18-6-2-7-19-44)39-52(38-50)46-22-14-23-49(36-46)68-70-67(45-20-8-3-9-21-45)71-69(72-68)57-26-15-29-64-66(57)59-41-48(31-35-63(59)74-64)47-30-34-61-58(40-47)54-24-10-12-27-60(54)73(61)53-32-33-56-55-25-11-13-28-62(55)75-65(56)42-53/h1-42H. The van der Waals surface area contributed by atoms with E-state index in [0.29, 0.717) is 17.5 Å². The van der Waals surface area contributed by atoms with Gasteiger partial charge in [-0.05, 0) is 123 Å². The molecular formula is C69H42N4S2. The number of hydrogen-bond donors (Lipinski definition) is 0. The fourth-order valence-electron chi connectivity index (χ4n) is 11.0. The van der Waals surface area contributed by atoms with E-state index in [2.05, 4.69) is 241 Å². The van der Waals surface area contributed by atoms with Gasteiger partial charge in [0.1, 0.15) is 0 Å². The smallest absolute Gasteiger partial charge is 0.164 e. The van der Waals surface area contributed by atoms with Crippen LogP contribution in [0.4, 0.5) is 0 Å². The maximum Gasteiger partial charge on any atom is 0.164 e. The third-order valence-electron chi connectivity index (χ3n) is 14.6. The molecule has 0 fully saturated rings. The molecule has 350 valence electrons. The molecule has 75 heavy (non-hydrogen) atoms. The van der Waals surface area contributed by atoms with Crippen LogP contribution in [0.3, 0.4) is 0 Å². The third-order valence-corrected chi connectivity index (χ3v) is 16.9. The first kappa shape index (κ1) is 43.3. The molecule has 0 aliphatic heterocycles. The van der Waals surface area contributed by atoms with Crippen LogP contribution >= 0.6 is 22.7 Å². The van der Waals surface area contributed by atoms with Crippen LogP contribution in [-0.4, -0.2) is 19.5 Å². The van der Waals surface area contributed by atoms with Crippen molar-refractivity contribution in [1.29, 1.82) is 0 Å². The second-order valence-electron chi connectivity index (χ2n) is 19.1. The van der Waals surface area contributed by atoms with Crippen molar-refractivity contribution in [2.24, 2.45) is 0 Å². The normalized spacial score (nSPS) is 11.7. The summed E-state index contributed by atoms with van der Waals surface area (Å²) >= 11 is 3.67. The van der Waals surface area contributed by atoms with Gasteiger partial charge < -0.3 is 4.57 Å². The van der Waals surface area contributed by atoms with E-state index in [4.69, 9.17) is 15.0 Å². The Morgan fingerprint density at radius 2 is 0.747 bits per heavy atom. The van der Waals surface area contributed by atoms with Crippen LogP contribution in [0.1, 0.15) is 0 Å². The Balaban J connectivity index is 0.853. The second kappa shape index (κ2) is 17.7. The topological polar surface area (TPSA) is 43.6 Å². The van der Waals surface area contributed by atoms with E-state index in [-0.39, 0.29) is 0 Å². The quantitative estimate of drug-likeness (QED) is 0.152. The first-order chi connectivity index (χ1) is 37.1. The van der Waals surface area contributed by atoms with E-state index >= 15 is 0 Å². The van der Waals surface area contributed by atoms with Gasteiger partial charge in [-0.3, -0.25) is 0 Å². The van der Waals surface area contributed by atoms with Gasteiger partial charge in [0, 0.05) is 73.5 Å². The second-order valence-corrected chi connectivity index (χ2v) is 21.3. The molecule has 0 saturated carbocycles. The third kappa shape index (κ3) is 7.53. The highest BCUT2D eigenvalue weighted by molar-refractivity contribution is 7.26. The lowest BCUT2D eigenvalue weighted by Gasteiger charge is -2.13. The molecule has 4 heterocycles. The highest BCUT2D eigenvalue weighted by Gasteiger charge is 2.20. The zero-order valence-corrected chi connectivity index (χ0v) is 42.0. The molecule has 0 aliphatic carbocycles. The molecule has 0 amide bonds. The van der Waals surface area contributed by atoms with E-state index in [0.717, 1.165) is 49.9 Å². The zero-order chi connectivity index (χ0) is 49.4. The summed E-state index contributed by atoms with van der Waals surface area (Å²) in [7, 11) is 0. The molecular weight excluding hydrogens is 949 g/mol. The molecule has 0 unspecified atom stereocenters. The summed E-state index contributed by atoms with van der Waals surface area (Å²) in [5.41, 5.74) is 15.6. The number of aromatic nitrogens is 4. The van der Waals surface area contributed by atoms with Crippen LogP contribution in [0, 0.1) is 0 Å². The van der Waals surface area contributed by atoms with E-state index < -0.39 is 0 Å². The van der Waals surface area contributed by atoms with Crippen LogP contribution in [0.2, 0.25) is 0 Å². The summed E-state index contributed by atoms with van der Waals surface area (Å²) in [5, 5.41) is 7.41. The molecule has 0 aliphatic rings. The molecule has 0 atom stereocenters. The van der Waals surface area contributed by atoms with Gasteiger partial charge in [-0.2, -0.15) is 0 Å². The zero-order valence-electron chi connectivity index (χ0n) is 40.4. The number of rotatable bonds is 8. The van der Waals surface area contributed by atoms with Crippen molar-refractivity contribution in [2.75, 3.05) is 0 Å². The van der Waals surface area contributed by atoms with Crippen molar-refractivity contribution in [3.63, 3.8) is 0 Å². The molecule has 4 aromatic heterocycles. The number of hydrogen-bond acceptors (Lipinski definition) is 5. The van der Waals surface area contributed by atoms with Crippen molar-refractivity contribution >= 4 is 84.8 Å². The van der Waals surface area contributed by atoms with E-state index in [1.165, 1.54) is 79.1 Å². The number of para-hydroxylation sites is 1. The lowest BCUT2D eigenvalue weighted by atomic mass is 9.93. The first-order valence-corrected chi connectivity index (χ1v) is 26.9. The minimum Gasteiger partial charge on any atom is -0.309 e. The van der Waals surface area contributed by atoms with Crippen molar-refractivity contribution in [1.82, 2.24) is 19.5 Å². The lowest BCUT2D eigenvalue weighted by Crippen LogP contribution is -2.00. The Hall–Kier alpha value is -9.33. The molecule has 6 heteroatoms. The Labute approximate surface area is 440 Å². The van der Waals surface area contributed by atoms with E-state index in [9.17, 15) is 0 Å². The SMILES string of the molecule is c1ccc(-c2cc(-c3ccccc3)cc(-c3cccc(-c4nc(-c5ccccc5)nc(-c5cccc6sc7ccc(-c8ccc9c(c8)c8ccccc8n9-c8ccc9c(c8)sc8ccccc89)cc7c56)n4)c3)c2)cc1. The molecule has 11 aromatic carbocycles. The molecule has 0 spiro atoms. The van der Waals surface area contributed by atoms with Gasteiger partial charge in [0.15, 0.2) is 17.5 Å². The van der Waals surface area contributed by atoms with Crippen molar-refractivity contribution in [3.05, 3.63) is 255 Å². The van der Waals surface area contributed by atoms with Gasteiger partial charge in [-0.25, -0.2) is 15.0 Å². The van der Waals surface area contributed by atoms with Crippen LogP contribution in [-0.2, 0) is 0 Å². The van der Waals surface area contributed by atoms with Crippen molar-refractivity contribution in [2.45, 2.75) is 0 Å². The van der Waals surface area contributed by atoms with Gasteiger partial charge in [0.2, 0.25) is 0 Å². The fraction of sp³-hybridized carbons (Fsp3) is 0. The first-order valence-electron chi connectivity index (χ1n) is 25.2. The van der Waals surface area contributed by atoms with Gasteiger partial charge in [-0.15, -0.1) is 22.7 Å². The summed E-state index contributed by atoms with van der Waals surface area (Å²) in [5.74, 6) is 1.89.